The van der Waals surface area contributed by atoms with Crippen molar-refractivity contribution in [3.8, 4) is 11.5 Å². The van der Waals surface area contributed by atoms with Crippen molar-refractivity contribution in [1.82, 2.24) is 9.80 Å². The Morgan fingerprint density at radius 1 is 0.500 bits per heavy atom. The van der Waals surface area contributed by atoms with Crippen molar-refractivity contribution in [1.29, 1.82) is 0 Å². The fourth-order valence-corrected chi connectivity index (χ4v) is 11.4. The van der Waals surface area contributed by atoms with Crippen LogP contribution in [-0.2, 0) is 20.2 Å². The molecule has 0 bridgehead atoms. The van der Waals surface area contributed by atoms with E-state index < -0.39 is 31.3 Å². The van der Waals surface area contributed by atoms with E-state index in [9.17, 15) is 43.2 Å². The monoisotopic (exact) mass is 1010 g/mol. The predicted molar refractivity (Wildman–Crippen MR) is 260 cm³/mol. The lowest BCUT2D eigenvalue weighted by molar-refractivity contribution is -0.0504. The highest BCUT2D eigenvalue weighted by Gasteiger charge is 2.49. The minimum atomic E-state index is -5.71. The third-order valence-electron chi connectivity index (χ3n) is 14.8. The summed E-state index contributed by atoms with van der Waals surface area (Å²) in [6, 6.07) is 9.29. The van der Waals surface area contributed by atoms with E-state index in [1.165, 1.54) is 24.3 Å². The number of anilines is 2. The fraction of sp³-hybridized carbons (Fsp3) is 0.760. The van der Waals surface area contributed by atoms with Gasteiger partial charge in [0.05, 0.1) is 0 Å². The molecule has 0 aromatic heterocycles. The zero-order chi connectivity index (χ0) is 50.3. The van der Waals surface area contributed by atoms with Gasteiger partial charge in [0, 0.05) is 75.9 Å². The van der Waals surface area contributed by atoms with Gasteiger partial charge in [0.15, 0.2) is 0 Å². The number of hydrogen-bond acceptors (Lipinski definition) is 10. The summed E-state index contributed by atoms with van der Waals surface area (Å²) in [5.74, 6) is 1.34. The molecule has 10 nitrogen and oxygen atoms in total. The van der Waals surface area contributed by atoms with E-state index >= 15 is 0 Å². The zero-order valence-corrected chi connectivity index (χ0v) is 43.3. The summed E-state index contributed by atoms with van der Waals surface area (Å²) in [7, 11) is -11.4. The minimum Gasteiger partial charge on any atom is -0.376 e. The van der Waals surface area contributed by atoms with Gasteiger partial charge in [-0.2, -0.15) is 43.2 Å². The maximum atomic E-state index is 12.9. The molecule has 2 heterocycles. The number of halogens is 6. The van der Waals surface area contributed by atoms with Gasteiger partial charge < -0.3 is 18.2 Å². The van der Waals surface area contributed by atoms with Gasteiger partial charge in [-0.1, -0.05) is 80.4 Å². The Labute approximate surface area is 403 Å². The molecule has 0 spiro atoms. The van der Waals surface area contributed by atoms with Crippen LogP contribution in [0.3, 0.4) is 0 Å². The summed E-state index contributed by atoms with van der Waals surface area (Å²) in [6.07, 6.45) is 13.1. The fourth-order valence-electron chi connectivity index (χ4n) is 10.5. The van der Waals surface area contributed by atoms with Gasteiger partial charge in [-0.05, 0) is 135 Å². The van der Waals surface area contributed by atoms with Crippen LogP contribution in [0.15, 0.2) is 36.4 Å². The van der Waals surface area contributed by atoms with Gasteiger partial charge in [-0.25, -0.2) is 0 Å². The molecule has 2 aliphatic carbocycles. The second kappa shape index (κ2) is 23.1. The van der Waals surface area contributed by atoms with E-state index in [-0.39, 0.29) is 22.3 Å². The first-order valence-electron chi connectivity index (χ1n) is 24.9. The SMILES string of the molecule is CCCCN1CCN(c2cc(OS(=O)(=O)C(F)(F)F)ccc2C2CCC(C(C)(C)C)CC2)CC1.CCCCN1CCN(c2cc(OS(=O)(=O)C(F)(F)F)ccc2C2CCC(C(C)(C)C)CC2)CC1. The third kappa shape index (κ3) is 15.0. The molecule has 0 radical (unpaired) electrons. The van der Waals surface area contributed by atoms with Gasteiger partial charge in [0.25, 0.3) is 0 Å². The van der Waals surface area contributed by atoms with Crippen LogP contribution in [0.25, 0.3) is 0 Å². The summed E-state index contributed by atoms with van der Waals surface area (Å²) in [5.41, 5.74) is -6.60. The smallest absolute Gasteiger partial charge is 0.376 e. The van der Waals surface area contributed by atoms with Crippen LogP contribution in [0.5, 0.6) is 11.5 Å². The van der Waals surface area contributed by atoms with Crippen LogP contribution in [0, 0.1) is 22.7 Å². The predicted octanol–water partition coefficient (Wildman–Crippen LogP) is 12.3. The molecule has 2 aromatic rings. The Balaban J connectivity index is 0.000000254. The van der Waals surface area contributed by atoms with Crippen molar-refractivity contribution in [3.63, 3.8) is 0 Å². The second-order valence-electron chi connectivity index (χ2n) is 21.6. The quantitative estimate of drug-likeness (QED) is 0.103. The molecule has 388 valence electrons. The lowest BCUT2D eigenvalue weighted by Crippen LogP contribution is -2.47. The molecule has 4 fully saturated rings. The highest BCUT2D eigenvalue weighted by molar-refractivity contribution is 7.88. The first-order chi connectivity index (χ1) is 31.6. The molecule has 0 N–H and O–H groups in total. The normalized spacial score (nSPS) is 23.2. The van der Waals surface area contributed by atoms with Gasteiger partial charge in [0.1, 0.15) is 11.5 Å². The van der Waals surface area contributed by atoms with Crippen molar-refractivity contribution in [2.75, 3.05) is 75.2 Å². The zero-order valence-electron chi connectivity index (χ0n) is 41.7. The number of rotatable bonds is 14. The van der Waals surface area contributed by atoms with Gasteiger partial charge >= 0.3 is 31.3 Å². The Bertz CT molecular complexity index is 1980. The van der Waals surface area contributed by atoms with E-state index in [4.69, 9.17) is 0 Å². The first kappa shape index (κ1) is 56.0. The highest BCUT2D eigenvalue weighted by atomic mass is 32.2. The highest BCUT2D eigenvalue weighted by Crippen LogP contribution is 2.48. The first-order valence-corrected chi connectivity index (χ1v) is 27.7. The molecule has 4 aliphatic rings. The van der Waals surface area contributed by atoms with Gasteiger partial charge in [-0.15, -0.1) is 0 Å². The summed E-state index contributed by atoms with van der Waals surface area (Å²) < 4.78 is 133. The molecule has 2 aromatic carbocycles. The van der Waals surface area contributed by atoms with Crippen LogP contribution >= 0.6 is 0 Å². The van der Waals surface area contributed by atoms with Crippen LogP contribution in [0.1, 0.15) is 155 Å². The number of piperazine rings is 2. The summed E-state index contributed by atoms with van der Waals surface area (Å²) in [5, 5.41) is 0. The number of nitrogens with zero attached hydrogens (tertiary/aromatic N) is 4. The average Bonchev–Trinajstić information content (AvgIpc) is 3.26. The van der Waals surface area contributed by atoms with Crippen molar-refractivity contribution < 1.29 is 51.5 Å². The van der Waals surface area contributed by atoms with E-state index in [1.54, 1.807) is 12.1 Å². The second-order valence-corrected chi connectivity index (χ2v) is 24.7. The van der Waals surface area contributed by atoms with E-state index in [0.717, 1.165) is 165 Å². The molecule has 0 amide bonds. The molecular formula is C50H78F6N4O6S2. The Hall–Kier alpha value is -2.96. The molecule has 18 heteroatoms. The van der Waals surface area contributed by atoms with Crippen molar-refractivity contribution in [2.45, 2.75) is 155 Å². The molecule has 6 rings (SSSR count). The van der Waals surface area contributed by atoms with Crippen molar-refractivity contribution in [2.24, 2.45) is 22.7 Å². The summed E-state index contributed by atoms with van der Waals surface area (Å²) >= 11 is 0. The Morgan fingerprint density at radius 3 is 1.07 bits per heavy atom. The lowest BCUT2D eigenvalue weighted by Gasteiger charge is -2.40. The largest absolute Gasteiger partial charge is 0.534 e. The topological polar surface area (TPSA) is 99.7 Å². The van der Waals surface area contributed by atoms with Gasteiger partial charge in [0.2, 0.25) is 0 Å². The number of hydrogen-bond donors (Lipinski definition) is 0. The van der Waals surface area contributed by atoms with Crippen molar-refractivity contribution >= 4 is 31.6 Å². The van der Waals surface area contributed by atoms with Crippen LogP contribution in [-0.4, -0.2) is 103 Å². The van der Waals surface area contributed by atoms with E-state index in [1.807, 2.05) is 0 Å². The summed E-state index contributed by atoms with van der Waals surface area (Å²) in [6.45, 7) is 26.6. The molecule has 2 saturated heterocycles. The molecule has 0 atom stereocenters. The minimum absolute atomic E-state index is 0.256. The van der Waals surface area contributed by atoms with E-state index in [2.05, 4.69) is 83.4 Å². The summed E-state index contributed by atoms with van der Waals surface area (Å²) in [4.78, 5) is 9.17. The average molecular weight is 1010 g/mol. The van der Waals surface area contributed by atoms with Crippen LogP contribution in [0.2, 0.25) is 0 Å². The molecule has 2 saturated carbocycles. The van der Waals surface area contributed by atoms with Crippen LogP contribution in [0.4, 0.5) is 37.7 Å². The standard InChI is InChI=1S/2C25H39F3N2O3S/c2*1-5-6-13-29-14-16-30(17-15-29)23-18-21(33-34(31,32)25(26,27)28)11-12-22(23)19-7-9-20(10-8-19)24(2,3)4/h2*11-12,18-20H,5-10,13-17H2,1-4H3. The Morgan fingerprint density at radius 2 is 0.809 bits per heavy atom. The third-order valence-corrected chi connectivity index (χ3v) is 16.8. The maximum absolute atomic E-state index is 12.9. The van der Waals surface area contributed by atoms with Crippen molar-refractivity contribution in [3.05, 3.63) is 47.5 Å². The number of alkyl halides is 6. The number of unbranched alkanes of at least 4 members (excludes halogenated alkanes) is 2. The van der Waals surface area contributed by atoms with E-state index in [0.29, 0.717) is 23.7 Å². The molecule has 2 aliphatic heterocycles. The van der Waals surface area contributed by atoms with Crippen LogP contribution < -0.4 is 18.2 Å². The lowest BCUT2D eigenvalue weighted by atomic mass is 9.68. The maximum Gasteiger partial charge on any atom is 0.534 e. The Kier molecular flexibility index (Phi) is 19.0. The number of benzene rings is 2. The molecule has 68 heavy (non-hydrogen) atoms. The molecule has 0 unspecified atom stereocenters. The van der Waals surface area contributed by atoms with Gasteiger partial charge in [-0.3, -0.25) is 9.80 Å². The molecular weight excluding hydrogens is 931 g/mol.